The summed E-state index contributed by atoms with van der Waals surface area (Å²) in [6.45, 7) is 3.73. The van der Waals surface area contributed by atoms with Gasteiger partial charge in [0.25, 0.3) is 5.91 Å². The van der Waals surface area contributed by atoms with Crippen LogP contribution < -0.4 is 15.0 Å². The van der Waals surface area contributed by atoms with E-state index in [1.807, 2.05) is 37.3 Å². The molecule has 2 N–H and O–H groups in total. The molecule has 1 aliphatic rings. The molecule has 7 heteroatoms. The maximum atomic E-state index is 13.0. The number of carbonyl (C=O) groups excluding carboxylic acids is 1. The van der Waals surface area contributed by atoms with Crippen molar-refractivity contribution < 1.29 is 14.6 Å². The number of hydrogen-bond acceptors (Lipinski definition) is 6. The van der Waals surface area contributed by atoms with Crippen molar-refractivity contribution in [3.8, 4) is 5.75 Å². The molecule has 0 radical (unpaired) electrons. The van der Waals surface area contributed by atoms with Gasteiger partial charge >= 0.3 is 0 Å². The smallest absolute Gasteiger partial charge is 0.252 e. The van der Waals surface area contributed by atoms with E-state index in [4.69, 9.17) is 4.74 Å². The second-order valence-electron chi connectivity index (χ2n) is 7.64. The Morgan fingerprint density at radius 3 is 2.97 bits per heavy atom. The van der Waals surface area contributed by atoms with Crippen LogP contribution in [0, 0.1) is 6.92 Å². The Morgan fingerprint density at radius 2 is 2.17 bits per heavy atom. The molecule has 156 valence electrons. The van der Waals surface area contributed by atoms with Crippen molar-refractivity contribution in [1.82, 2.24) is 15.3 Å². The molecule has 7 nitrogen and oxygen atoms in total. The van der Waals surface area contributed by atoms with E-state index in [-0.39, 0.29) is 12.0 Å². The van der Waals surface area contributed by atoms with Gasteiger partial charge in [0.1, 0.15) is 11.6 Å². The van der Waals surface area contributed by atoms with Crippen LogP contribution in [0.25, 0.3) is 10.9 Å². The molecule has 1 aromatic carbocycles. The number of nitrogens with zero attached hydrogens (tertiary/aromatic N) is 3. The number of fused-ring (bicyclic) bond motifs is 1. The van der Waals surface area contributed by atoms with E-state index >= 15 is 0 Å². The zero-order valence-corrected chi connectivity index (χ0v) is 17.3. The normalized spacial score (nSPS) is 16.5. The summed E-state index contributed by atoms with van der Waals surface area (Å²) in [7, 11) is 1.60. The summed E-state index contributed by atoms with van der Waals surface area (Å²) in [5, 5.41) is 13.7. The largest absolute Gasteiger partial charge is 0.497 e. The molecule has 30 heavy (non-hydrogen) atoms. The zero-order valence-electron chi connectivity index (χ0n) is 17.3. The number of amides is 1. The first kappa shape index (κ1) is 20.1. The van der Waals surface area contributed by atoms with Gasteiger partial charge < -0.3 is 20.1 Å². The predicted molar refractivity (Wildman–Crippen MR) is 116 cm³/mol. The number of methoxy groups -OCH3 is 1. The number of nitrogens with one attached hydrogen (secondary N) is 1. The van der Waals surface area contributed by atoms with Gasteiger partial charge in [0, 0.05) is 36.9 Å². The van der Waals surface area contributed by atoms with Gasteiger partial charge in [0.2, 0.25) is 0 Å². The molecule has 0 saturated carbocycles. The van der Waals surface area contributed by atoms with Crippen molar-refractivity contribution in [2.45, 2.75) is 32.4 Å². The third-order valence-corrected chi connectivity index (χ3v) is 5.37. The molecule has 0 bridgehead atoms. The van der Waals surface area contributed by atoms with Gasteiger partial charge in [0.05, 0.1) is 24.3 Å². The topological polar surface area (TPSA) is 87.6 Å². The molecule has 1 atom stereocenters. The van der Waals surface area contributed by atoms with Gasteiger partial charge in [-0.2, -0.15) is 0 Å². The van der Waals surface area contributed by atoms with Crippen LogP contribution >= 0.6 is 0 Å². The minimum atomic E-state index is -0.316. The van der Waals surface area contributed by atoms with Gasteiger partial charge in [-0.1, -0.05) is 0 Å². The Bertz CT molecular complexity index is 1070. The number of hydrogen-bond donors (Lipinski definition) is 2. The first-order valence-corrected chi connectivity index (χ1v) is 10.1. The number of pyridine rings is 2. The fourth-order valence-electron chi connectivity index (χ4n) is 3.84. The Labute approximate surface area is 175 Å². The predicted octanol–water partition coefficient (Wildman–Crippen LogP) is 2.84. The van der Waals surface area contributed by atoms with E-state index in [0.717, 1.165) is 47.4 Å². The Morgan fingerprint density at radius 1 is 1.30 bits per heavy atom. The lowest BCUT2D eigenvalue weighted by Gasteiger charge is -2.31. The number of piperidine rings is 1. The second-order valence-corrected chi connectivity index (χ2v) is 7.64. The number of aryl methyl sites for hydroxylation is 1. The maximum absolute atomic E-state index is 13.0. The van der Waals surface area contributed by atoms with Crippen molar-refractivity contribution in [2.24, 2.45) is 0 Å². The minimum absolute atomic E-state index is 0.162. The Balaban J connectivity index is 1.52. The number of benzene rings is 1. The van der Waals surface area contributed by atoms with E-state index in [0.29, 0.717) is 24.4 Å². The van der Waals surface area contributed by atoms with Gasteiger partial charge in [-0.25, -0.2) is 4.98 Å². The fraction of sp³-hybridized carbons (Fsp3) is 0.348. The molecule has 1 unspecified atom stereocenters. The lowest BCUT2D eigenvalue weighted by molar-refractivity contribution is 0.0952. The molecule has 1 amide bonds. The lowest BCUT2D eigenvalue weighted by Crippen LogP contribution is -2.38. The monoisotopic (exact) mass is 406 g/mol. The van der Waals surface area contributed by atoms with Crippen LogP contribution in [-0.2, 0) is 6.54 Å². The second kappa shape index (κ2) is 8.67. The molecule has 1 fully saturated rings. The van der Waals surface area contributed by atoms with E-state index in [9.17, 15) is 9.90 Å². The summed E-state index contributed by atoms with van der Waals surface area (Å²) in [5.41, 5.74) is 3.08. The summed E-state index contributed by atoms with van der Waals surface area (Å²) in [5.74, 6) is 1.35. The zero-order chi connectivity index (χ0) is 21.1. The number of carbonyl (C=O) groups is 1. The SMILES string of the molecule is COc1ccc2nc(C)cc(C(=O)NCc3ccnc(N4CCCC(O)C4)c3)c2c1. The highest BCUT2D eigenvalue weighted by atomic mass is 16.5. The van der Waals surface area contributed by atoms with Crippen LogP contribution in [0.15, 0.2) is 42.6 Å². The molecule has 0 aliphatic carbocycles. The average molecular weight is 406 g/mol. The van der Waals surface area contributed by atoms with Crippen LogP contribution in [0.5, 0.6) is 5.75 Å². The molecule has 3 aromatic rings. The van der Waals surface area contributed by atoms with E-state index in [1.54, 1.807) is 19.4 Å². The highest BCUT2D eigenvalue weighted by Crippen LogP contribution is 2.24. The molecule has 1 saturated heterocycles. The molecule has 4 rings (SSSR count). The molecule has 2 aromatic heterocycles. The van der Waals surface area contributed by atoms with Crippen LogP contribution in [-0.4, -0.2) is 47.3 Å². The molecule has 3 heterocycles. The first-order chi connectivity index (χ1) is 14.5. The van der Waals surface area contributed by atoms with Crippen molar-refractivity contribution in [1.29, 1.82) is 0 Å². The summed E-state index contributed by atoms with van der Waals surface area (Å²) in [6, 6.07) is 11.2. The standard InChI is InChI=1S/C23H26N4O3/c1-15-10-20(19-12-18(30-2)5-6-21(19)26-15)23(29)25-13-16-7-8-24-22(11-16)27-9-3-4-17(28)14-27/h5-8,10-12,17,28H,3-4,9,13-14H2,1-2H3,(H,25,29). The van der Waals surface area contributed by atoms with Gasteiger partial charge in [-0.05, 0) is 61.7 Å². The van der Waals surface area contributed by atoms with E-state index < -0.39 is 0 Å². The minimum Gasteiger partial charge on any atom is -0.497 e. The fourth-order valence-corrected chi connectivity index (χ4v) is 3.84. The summed E-state index contributed by atoms with van der Waals surface area (Å²) >= 11 is 0. The Kier molecular flexibility index (Phi) is 5.81. The van der Waals surface area contributed by atoms with Gasteiger partial charge in [-0.15, -0.1) is 0 Å². The van der Waals surface area contributed by atoms with Crippen molar-refractivity contribution in [3.63, 3.8) is 0 Å². The number of β-amino-alcohol motifs (C(OH)–C–C–N with tert-alkyl or cyclic N) is 1. The maximum Gasteiger partial charge on any atom is 0.252 e. The summed E-state index contributed by atoms with van der Waals surface area (Å²) < 4.78 is 5.31. The lowest BCUT2D eigenvalue weighted by atomic mass is 10.1. The third-order valence-electron chi connectivity index (χ3n) is 5.37. The summed E-state index contributed by atoms with van der Waals surface area (Å²) in [6.07, 6.45) is 3.20. The Hall–Kier alpha value is -3.19. The van der Waals surface area contributed by atoms with Crippen molar-refractivity contribution >= 4 is 22.6 Å². The van der Waals surface area contributed by atoms with E-state index in [2.05, 4.69) is 20.2 Å². The van der Waals surface area contributed by atoms with Crippen molar-refractivity contribution in [2.75, 3.05) is 25.1 Å². The average Bonchev–Trinajstić information content (AvgIpc) is 2.76. The van der Waals surface area contributed by atoms with Crippen LogP contribution in [0.2, 0.25) is 0 Å². The quantitative estimate of drug-likeness (QED) is 0.678. The van der Waals surface area contributed by atoms with Crippen molar-refractivity contribution in [3.05, 3.63) is 59.4 Å². The molecular formula is C23H26N4O3. The van der Waals surface area contributed by atoms with Gasteiger partial charge in [0.15, 0.2) is 0 Å². The number of aliphatic hydroxyl groups is 1. The molecular weight excluding hydrogens is 380 g/mol. The highest BCUT2D eigenvalue weighted by Gasteiger charge is 2.19. The van der Waals surface area contributed by atoms with Crippen LogP contribution in [0.4, 0.5) is 5.82 Å². The molecule has 0 spiro atoms. The van der Waals surface area contributed by atoms with Crippen LogP contribution in [0.3, 0.4) is 0 Å². The van der Waals surface area contributed by atoms with Gasteiger partial charge in [-0.3, -0.25) is 9.78 Å². The molecule has 1 aliphatic heterocycles. The van der Waals surface area contributed by atoms with Crippen LogP contribution in [0.1, 0.15) is 34.5 Å². The number of ether oxygens (including phenoxy) is 1. The number of aliphatic hydroxyl groups excluding tert-OH is 1. The summed E-state index contributed by atoms with van der Waals surface area (Å²) in [4.78, 5) is 24.0. The van der Waals surface area contributed by atoms with E-state index in [1.165, 1.54) is 0 Å². The number of anilines is 1. The third kappa shape index (κ3) is 4.36. The number of aromatic nitrogens is 2. The number of rotatable bonds is 5. The highest BCUT2D eigenvalue weighted by molar-refractivity contribution is 6.06. The first-order valence-electron chi connectivity index (χ1n) is 10.1.